The van der Waals surface area contributed by atoms with Gasteiger partial charge in [0.25, 0.3) is 0 Å². The van der Waals surface area contributed by atoms with Gasteiger partial charge in [-0.1, -0.05) is 13.8 Å². The van der Waals surface area contributed by atoms with Crippen LogP contribution in [0.2, 0.25) is 97.2 Å². The van der Waals surface area contributed by atoms with Crippen molar-refractivity contribution in [2.75, 3.05) is 20.3 Å². The third-order valence-corrected chi connectivity index (χ3v) is 27.7. The number of methoxy groups -OCH3 is 1. The molecule has 0 spiro atoms. The molecule has 0 saturated carbocycles. The zero-order valence-corrected chi connectivity index (χ0v) is 45.4. The van der Waals surface area contributed by atoms with Crippen LogP contribution in [0.15, 0.2) is 60.7 Å². The van der Waals surface area contributed by atoms with E-state index in [0.717, 1.165) is 12.1 Å². The molecule has 61 heavy (non-hydrogen) atoms. The Hall–Kier alpha value is -3.19. The van der Waals surface area contributed by atoms with E-state index in [-0.39, 0.29) is 35.0 Å². The van der Waals surface area contributed by atoms with Crippen molar-refractivity contribution < 1.29 is 40.9 Å². The molecule has 3 unspecified atom stereocenters. The van der Waals surface area contributed by atoms with Gasteiger partial charge in [-0.2, -0.15) is 0 Å². The summed E-state index contributed by atoms with van der Waals surface area (Å²) < 4.78 is 44.4. The lowest BCUT2D eigenvalue weighted by Crippen LogP contribution is -2.53. The molecule has 335 valence electrons. The number of hydrogen-bond donors (Lipinski definition) is 2. The fourth-order valence-electron chi connectivity index (χ4n) is 7.51. The average Bonchev–Trinajstić information content (AvgIpc) is 3.10. The van der Waals surface area contributed by atoms with Crippen molar-refractivity contribution >= 4 is 51.1 Å². The number of rotatable bonds is 22. The molecular formula is C43H70N3O9Si6. The molecule has 0 saturated heterocycles. The van der Waals surface area contributed by atoms with Crippen molar-refractivity contribution in [3.8, 4) is 62.9 Å². The number of ether oxygens (including phenoxy) is 3. The summed E-state index contributed by atoms with van der Waals surface area (Å²) in [7, 11) is -9.69. The standard InChI is InChI=1S/C43H70N3O9Si6/c1-31(29-60(15,52-56(4)5)53-57(6,7)8)27-50-35-21-23-37(39(47)25-35)42-44-41(33-17-19-34(49-3)20-18-33)45-43(46-42)38-24-22-36(26-40(38)48)51-28-32(2)30-61(16,54-58(9,10)11)55-59(12,13)14/h17-26,31-32,47-48H,27-30H2,1-16H3. The highest BCUT2D eigenvalue weighted by atomic mass is 28.5. The SMILES string of the molecule is COc1ccc(-c2nc(-c3ccc(OCC(C)C[Si](C)(O[Si](C)C)O[Si](C)(C)C)cc3O)nc(-c3ccc(OCC(C)C[Si](C)(O[Si](C)(C)C)O[Si](C)(C)C)cc3O)n2)cc1. The van der Waals surface area contributed by atoms with Gasteiger partial charge < -0.3 is 40.9 Å². The molecule has 18 heteroatoms. The highest BCUT2D eigenvalue weighted by molar-refractivity contribution is 6.87. The summed E-state index contributed by atoms with van der Waals surface area (Å²) >= 11 is 0. The first-order valence-electron chi connectivity index (χ1n) is 21.1. The second-order valence-electron chi connectivity index (χ2n) is 19.6. The number of hydrogen-bond acceptors (Lipinski definition) is 12. The highest BCUT2D eigenvalue weighted by Gasteiger charge is 2.42. The van der Waals surface area contributed by atoms with E-state index in [4.69, 9.17) is 45.6 Å². The molecule has 0 aliphatic carbocycles. The highest BCUT2D eigenvalue weighted by Crippen LogP contribution is 2.37. The van der Waals surface area contributed by atoms with E-state index >= 15 is 0 Å². The van der Waals surface area contributed by atoms with E-state index in [1.165, 1.54) is 0 Å². The summed E-state index contributed by atoms with van der Waals surface area (Å²) in [6.45, 7) is 33.6. The first-order valence-corrected chi connectivity index (χ1v) is 38.7. The third kappa shape index (κ3) is 16.5. The smallest absolute Gasteiger partial charge is 0.314 e. The summed E-state index contributed by atoms with van der Waals surface area (Å²) in [5.74, 6) is 2.77. The Kier molecular flexibility index (Phi) is 17.0. The molecule has 0 amide bonds. The van der Waals surface area contributed by atoms with E-state index < -0.39 is 51.1 Å². The maximum Gasteiger partial charge on any atom is 0.314 e. The predicted molar refractivity (Wildman–Crippen MR) is 260 cm³/mol. The minimum absolute atomic E-state index is 0.0523. The van der Waals surface area contributed by atoms with Gasteiger partial charge in [0.1, 0.15) is 28.7 Å². The Balaban J connectivity index is 1.58. The largest absolute Gasteiger partial charge is 0.507 e. The Morgan fingerprint density at radius 2 is 0.918 bits per heavy atom. The summed E-state index contributed by atoms with van der Waals surface area (Å²) in [4.78, 5) is 14.3. The third-order valence-electron chi connectivity index (χ3n) is 8.90. The molecule has 12 nitrogen and oxygen atoms in total. The minimum Gasteiger partial charge on any atom is -0.507 e. The molecule has 3 aromatic carbocycles. The van der Waals surface area contributed by atoms with E-state index in [9.17, 15) is 10.2 Å². The van der Waals surface area contributed by atoms with Gasteiger partial charge in [-0.3, -0.25) is 0 Å². The molecule has 4 rings (SSSR count). The maximum atomic E-state index is 11.4. The van der Waals surface area contributed by atoms with Crippen molar-refractivity contribution in [3.63, 3.8) is 0 Å². The normalized spacial score (nSPS) is 14.7. The molecule has 1 radical (unpaired) electrons. The second kappa shape index (κ2) is 20.5. The summed E-state index contributed by atoms with van der Waals surface area (Å²) in [5, 5.41) is 22.8. The molecule has 0 fully saturated rings. The van der Waals surface area contributed by atoms with Crippen molar-refractivity contribution in [3.05, 3.63) is 60.7 Å². The molecule has 0 aliphatic rings. The van der Waals surface area contributed by atoms with Crippen LogP contribution in [0.25, 0.3) is 34.2 Å². The number of aromatic hydroxyl groups is 2. The number of benzene rings is 3. The Bertz CT molecular complexity index is 2040. The molecule has 1 aromatic heterocycles. The van der Waals surface area contributed by atoms with Crippen molar-refractivity contribution in [2.24, 2.45) is 11.8 Å². The van der Waals surface area contributed by atoms with Crippen LogP contribution < -0.4 is 14.2 Å². The molecule has 2 N–H and O–H groups in total. The molecule has 4 aromatic rings. The molecule has 0 bridgehead atoms. The van der Waals surface area contributed by atoms with Crippen molar-refractivity contribution in [2.45, 2.75) is 111 Å². The lowest BCUT2D eigenvalue weighted by Gasteiger charge is -2.39. The number of phenolic OH excluding ortho intramolecular Hbond substituents is 2. The average molecular weight is 942 g/mol. The summed E-state index contributed by atoms with van der Waals surface area (Å²) in [6.07, 6.45) is 0. The summed E-state index contributed by atoms with van der Waals surface area (Å²) in [5.41, 5.74) is 1.48. The van der Waals surface area contributed by atoms with E-state index in [1.54, 1.807) is 43.5 Å². The molecule has 0 aliphatic heterocycles. The van der Waals surface area contributed by atoms with Gasteiger partial charge in [-0.25, -0.2) is 15.0 Å². The van der Waals surface area contributed by atoms with Gasteiger partial charge in [0, 0.05) is 17.7 Å². The van der Waals surface area contributed by atoms with Crippen LogP contribution in [0.5, 0.6) is 28.7 Å². The van der Waals surface area contributed by atoms with E-state index in [2.05, 4.69) is 99.0 Å². The summed E-state index contributed by atoms with van der Waals surface area (Å²) in [6, 6.07) is 19.2. The zero-order chi connectivity index (χ0) is 45.6. The van der Waals surface area contributed by atoms with Crippen molar-refractivity contribution in [1.29, 1.82) is 0 Å². The Morgan fingerprint density at radius 3 is 1.30 bits per heavy atom. The van der Waals surface area contributed by atoms with Gasteiger partial charge in [-0.15, -0.1) is 0 Å². The van der Waals surface area contributed by atoms with Crippen LogP contribution in [-0.2, 0) is 16.5 Å². The zero-order valence-electron chi connectivity index (χ0n) is 39.4. The lowest BCUT2D eigenvalue weighted by atomic mass is 10.1. The first-order chi connectivity index (χ1) is 28.1. The lowest BCUT2D eigenvalue weighted by molar-refractivity contribution is 0.258. The number of nitrogens with zero attached hydrogens (tertiary/aromatic N) is 3. The van der Waals surface area contributed by atoms with Gasteiger partial charge in [0.2, 0.25) is 0 Å². The van der Waals surface area contributed by atoms with Gasteiger partial charge in [0.15, 0.2) is 51.5 Å². The van der Waals surface area contributed by atoms with Crippen LogP contribution in [0.3, 0.4) is 0 Å². The topological polar surface area (TPSA) is 144 Å². The quantitative estimate of drug-likeness (QED) is 0.0724. The second-order valence-corrected chi connectivity index (χ2v) is 42.7. The molecule has 3 atom stereocenters. The molecular weight excluding hydrogens is 871 g/mol. The van der Waals surface area contributed by atoms with Gasteiger partial charge in [0.05, 0.1) is 31.5 Å². The van der Waals surface area contributed by atoms with Gasteiger partial charge >= 0.3 is 17.1 Å². The number of phenols is 2. The Labute approximate surface area is 372 Å². The minimum atomic E-state index is -2.46. The fourth-order valence-corrected chi connectivity index (χ4v) is 31.7. The van der Waals surface area contributed by atoms with Crippen LogP contribution in [-0.4, -0.2) is 96.6 Å². The predicted octanol–water partition coefficient (Wildman–Crippen LogP) is 11.3. The van der Waals surface area contributed by atoms with Gasteiger partial charge in [-0.05, 0) is 158 Å². The Morgan fingerprint density at radius 1 is 0.541 bits per heavy atom. The number of aromatic nitrogens is 3. The fraction of sp³-hybridized carbons (Fsp3) is 0.512. The van der Waals surface area contributed by atoms with Crippen LogP contribution >= 0.6 is 0 Å². The van der Waals surface area contributed by atoms with Crippen molar-refractivity contribution in [1.82, 2.24) is 15.0 Å². The van der Waals surface area contributed by atoms with Crippen LogP contribution in [0.4, 0.5) is 0 Å². The first kappa shape index (κ1) is 50.5. The van der Waals surface area contributed by atoms with E-state index in [1.807, 2.05) is 24.3 Å². The van der Waals surface area contributed by atoms with E-state index in [0.29, 0.717) is 53.0 Å². The van der Waals surface area contributed by atoms with Crippen LogP contribution in [0.1, 0.15) is 13.8 Å². The molecule has 1 heterocycles. The monoisotopic (exact) mass is 940 g/mol. The maximum absolute atomic E-state index is 11.4. The van der Waals surface area contributed by atoms with Crippen LogP contribution in [0, 0.1) is 11.8 Å².